The zero-order valence-electron chi connectivity index (χ0n) is 16.9. The molecule has 28 heavy (non-hydrogen) atoms. The number of benzene rings is 1. The summed E-state index contributed by atoms with van der Waals surface area (Å²) in [6.07, 6.45) is 4.19. The van der Waals surface area contributed by atoms with Crippen LogP contribution in [-0.4, -0.2) is 42.0 Å². The van der Waals surface area contributed by atoms with Crippen LogP contribution in [-0.2, 0) is 11.8 Å². The van der Waals surface area contributed by atoms with Gasteiger partial charge in [0, 0.05) is 13.6 Å². The number of methoxy groups -OCH3 is 2. The monoisotopic (exact) mass is 383 g/mol. The summed E-state index contributed by atoms with van der Waals surface area (Å²) >= 11 is 0. The molecule has 1 amide bonds. The minimum atomic E-state index is -0.634. The third-order valence-corrected chi connectivity index (χ3v) is 5.04. The maximum Gasteiger partial charge on any atom is 0.239 e. The molecule has 1 aliphatic heterocycles. The highest BCUT2D eigenvalue weighted by atomic mass is 16.5. The SMILES string of the molecule is CCC1C(=O)c2c(nc(/C=C/c3ccc(OC)c(OC)c3)n2C)N(CC)C1=O. The summed E-state index contributed by atoms with van der Waals surface area (Å²) in [5, 5.41) is 0. The molecule has 1 aromatic heterocycles. The number of rotatable bonds is 6. The van der Waals surface area contributed by atoms with Crippen molar-refractivity contribution in [3.05, 3.63) is 35.3 Å². The zero-order valence-corrected chi connectivity index (χ0v) is 16.9. The Hall–Kier alpha value is -3.09. The van der Waals surface area contributed by atoms with Crippen molar-refractivity contribution in [1.82, 2.24) is 9.55 Å². The molecule has 0 bridgehead atoms. The van der Waals surface area contributed by atoms with Gasteiger partial charge in [-0.25, -0.2) is 4.98 Å². The van der Waals surface area contributed by atoms with Crippen molar-refractivity contribution in [2.75, 3.05) is 25.7 Å². The average molecular weight is 383 g/mol. The van der Waals surface area contributed by atoms with Gasteiger partial charge >= 0.3 is 0 Å². The predicted molar refractivity (Wildman–Crippen MR) is 108 cm³/mol. The van der Waals surface area contributed by atoms with Gasteiger partial charge in [-0.1, -0.05) is 19.1 Å². The second-order valence-corrected chi connectivity index (χ2v) is 6.56. The van der Waals surface area contributed by atoms with E-state index < -0.39 is 5.92 Å². The third kappa shape index (κ3) is 3.17. The summed E-state index contributed by atoms with van der Waals surface area (Å²) in [4.78, 5) is 31.6. The second-order valence-electron chi connectivity index (χ2n) is 6.56. The average Bonchev–Trinajstić information content (AvgIpc) is 3.03. The summed E-state index contributed by atoms with van der Waals surface area (Å²) in [5.41, 5.74) is 1.39. The van der Waals surface area contributed by atoms with E-state index in [9.17, 15) is 9.59 Å². The molecule has 0 aliphatic carbocycles. The van der Waals surface area contributed by atoms with Gasteiger partial charge in [0.15, 0.2) is 23.1 Å². The first-order valence-electron chi connectivity index (χ1n) is 9.29. The normalized spacial score (nSPS) is 16.6. The van der Waals surface area contributed by atoms with Crippen LogP contribution in [0.5, 0.6) is 11.5 Å². The number of hydrogen-bond acceptors (Lipinski definition) is 5. The van der Waals surface area contributed by atoms with Crippen molar-refractivity contribution < 1.29 is 19.1 Å². The van der Waals surface area contributed by atoms with Gasteiger partial charge < -0.3 is 14.0 Å². The molecule has 1 unspecified atom stereocenters. The quantitative estimate of drug-likeness (QED) is 0.717. The molecule has 1 atom stereocenters. The van der Waals surface area contributed by atoms with Crippen molar-refractivity contribution in [2.24, 2.45) is 13.0 Å². The number of hydrogen-bond donors (Lipinski definition) is 0. The lowest BCUT2D eigenvalue weighted by molar-refractivity contribution is -0.121. The van der Waals surface area contributed by atoms with Crippen LogP contribution in [0.2, 0.25) is 0 Å². The first kappa shape index (κ1) is 19.7. The van der Waals surface area contributed by atoms with Crippen LogP contribution in [0.1, 0.15) is 42.1 Å². The Kier molecular flexibility index (Phi) is 5.53. The molecule has 1 aliphatic rings. The smallest absolute Gasteiger partial charge is 0.239 e. The van der Waals surface area contributed by atoms with Crippen molar-refractivity contribution in [2.45, 2.75) is 20.3 Å². The molecule has 148 valence electrons. The van der Waals surface area contributed by atoms with Crippen molar-refractivity contribution in [1.29, 1.82) is 0 Å². The molecule has 2 heterocycles. The Morgan fingerprint density at radius 2 is 1.82 bits per heavy atom. The van der Waals surface area contributed by atoms with E-state index in [0.29, 0.717) is 41.8 Å². The van der Waals surface area contributed by atoms with E-state index in [2.05, 4.69) is 4.98 Å². The minimum absolute atomic E-state index is 0.159. The van der Waals surface area contributed by atoms with Crippen LogP contribution in [0.15, 0.2) is 18.2 Å². The molecule has 3 rings (SSSR count). The molecule has 0 radical (unpaired) electrons. The number of nitrogens with zero attached hydrogens (tertiary/aromatic N) is 3. The number of fused-ring (bicyclic) bond motifs is 1. The summed E-state index contributed by atoms with van der Waals surface area (Å²) in [5.74, 6) is 1.37. The van der Waals surface area contributed by atoms with E-state index >= 15 is 0 Å². The predicted octanol–water partition coefficient (Wildman–Crippen LogP) is 3.18. The number of carbonyl (C=O) groups excluding carboxylic acids is 2. The van der Waals surface area contributed by atoms with Gasteiger partial charge in [-0.15, -0.1) is 0 Å². The van der Waals surface area contributed by atoms with E-state index in [0.717, 1.165) is 5.56 Å². The Labute approximate surface area is 164 Å². The minimum Gasteiger partial charge on any atom is -0.493 e. The van der Waals surface area contributed by atoms with Crippen LogP contribution in [0.3, 0.4) is 0 Å². The Balaban J connectivity index is 2.00. The van der Waals surface area contributed by atoms with Crippen LogP contribution >= 0.6 is 0 Å². The summed E-state index contributed by atoms with van der Waals surface area (Å²) in [6, 6.07) is 5.59. The van der Waals surface area contributed by atoms with Gasteiger partial charge in [0.1, 0.15) is 17.4 Å². The molecule has 7 heteroatoms. The largest absolute Gasteiger partial charge is 0.493 e. The standard InChI is InChI=1S/C21H25N3O4/c1-6-14-19(25)18-20(24(7-2)21(14)26)22-17(23(18)3)11-9-13-8-10-15(27-4)16(12-13)28-5/h8-12,14H,6-7H2,1-5H3/b11-9+. The highest BCUT2D eigenvalue weighted by Gasteiger charge is 2.41. The molecule has 0 spiro atoms. The second kappa shape index (κ2) is 7.88. The van der Waals surface area contributed by atoms with Gasteiger partial charge in [0.2, 0.25) is 5.91 Å². The molecule has 2 aromatic rings. The number of carbonyl (C=O) groups is 2. The van der Waals surface area contributed by atoms with Gasteiger partial charge in [-0.3, -0.25) is 14.5 Å². The summed E-state index contributed by atoms with van der Waals surface area (Å²) in [7, 11) is 4.98. The van der Waals surface area contributed by atoms with E-state index in [1.165, 1.54) is 0 Å². The van der Waals surface area contributed by atoms with Gasteiger partial charge in [-0.05, 0) is 37.1 Å². The fraction of sp³-hybridized carbons (Fsp3) is 0.381. The lowest BCUT2D eigenvalue weighted by Gasteiger charge is -2.29. The van der Waals surface area contributed by atoms with Crippen molar-refractivity contribution in [3.63, 3.8) is 0 Å². The van der Waals surface area contributed by atoms with E-state index in [1.54, 1.807) is 30.7 Å². The fourth-order valence-corrected chi connectivity index (χ4v) is 3.48. The highest BCUT2D eigenvalue weighted by molar-refractivity contribution is 6.20. The van der Waals surface area contributed by atoms with Crippen LogP contribution in [0, 0.1) is 5.92 Å². The molecule has 0 fully saturated rings. The molecule has 1 aromatic carbocycles. The van der Waals surface area contributed by atoms with E-state index in [4.69, 9.17) is 9.47 Å². The molecule has 7 nitrogen and oxygen atoms in total. The maximum atomic E-state index is 12.8. The lowest BCUT2D eigenvalue weighted by atomic mass is 9.93. The van der Waals surface area contributed by atoms with E-state index in [1.807, 2.05) is 44.2 Å². The van der Waals surface area contributed by atoms with Crippen LogP contribution < -0.4 is 14.4 Å². The number of amides is 1. The van der Waals surface area contributed by atoms with Crippen LogP contribution in [0.4, 0.5) is 5.82 Å². The Bertz CT molecular complexity index is 945. The lowest BCUT2D eigenvalue weighted by Crippen LogP contribution is -2.44. The number of Topliss-reactive ketones (excluding diaryl/α,β-unsaturated/α-hetero) is 1. The highest BCUT2D eigenvalue weighted by Crippen LogP contribution is 2.33. The molecule has 0 saturated carbocycles. The molecular weight excluding hydrogens is 358 g/mol. The van der Waals surface area contributed by atoms with Crippen molar-refractivity contribution >= 4 is 29.7 Å². The number of aromatic nitrogens is 2. The number of ketones is 1. The Morgan fingerprint density at radius 3 is 2.43 bits per heavy atom. The number of anilines is 1. The Morgan fingerprint density at radius 1 is 1.11 bits per heavy atom. The van der Waals surface area contributed by atoms with Crippen molar-refractivity contribution in [3.8, 4) is 11.5 Å². The van der Waals surface area contributed by atoms with Gasteiger partial charge in [0.25, 0.3) is 0 Å². The fourth-order valence-electron chi connectivity index (χ4n) is 3.48. The number of imidazole rings is 1. The summed E-state index contributed by atoms with van der Waals surface area (Å²) in [6.45, 7) is 4.22. The van der Waals surface area contributed by atoms with Crippen LogP contribution in [0.25, 0.3) is 12.2 Å². The number of ether oxygens (including phenoxy) is 2. The molecule has 0 saturated heterocycles. The first-order chi connectivity index (χ1) is 13.5. The molecular formula is C21H25N3O4. The van der Waals surface area contributed by atoms with Gasteiger partial charge in [-0.2, -0.15) is 0 Å². The third-order valence-electron chi connectivity index (χ3n) is 5.04. The molecule has 0 N–H and O–H groups in total. The first-order valence-corrected chi connectivity index (χ1v) is 9.29. The zero-order chi connectivity index (χ0) is 20.4. The topological polar surface area (TPSA) is 73.7 Å². The maximum absolute atomic E-state index is 12.8. The summed E-state index contributed by atoms with van der Waals surface area (Å²) < 4.78 is 12.3. The van der Waals surface area contributed by atoms with Gasteiger partial charge in [0.05, 0.1) is 14.2 Å². The van der Waals surface area contributed by atoms with E-state index in [-0.39, 0.29) is 11.7 Å².